The predicted molar refractivity (Wildman–Crippen MR) is 178 cm³/mol. The van der Waals surface area contributed by atoms with Gasteiger partial charge in [0.15, 0.2) is 24.1 Å². The summed E-state index contributed by atoms with van der Waals surface area (Å²) in [6.45, 7) is -0.387. The second-order valence-electron chi connectivity index (χ2n) is 11.0. The molecule has 1 fully saturated rings. The number of carbonyl (C=O) groups is 4. The molecule has 0 bridgehead atoms. The Balaban J connectivity index is 1.39. The van der Waals surface area contributed by atoms with Gasteiger partial charge in [0.1, 0.15) is 12.7 Å². The van der Waals surface area contributed by atoms with Crippen molar-refractivity contribution in [2.45, 2.75) is 24.5 Å². The largest absolute Gasteiger partial charge is 0.464 e. The highest BCUT2D eigenvalue weighted by molar-refractivity contribution is 5.91. The minimum atomic E-state index is -1.34. The first-order chi connectivity index (χ1) is 24.4. The number of ether oxygens (including phenoxy) is 5. The summed E-state index contributed by atoms with van der Waals surface area (Å²) in [6, 6.07) is 33.9. The van der Waals surface area contributed by atoms with Gasteiger partial charge in [0.2, 0.25) is 0 Å². The van der Waals surface area contributed by atoms with Crippen LogP contribution in [0.3, 0.4) is 0 Å². The van der Waals surface area contributed by atoms with Crippen LogP contribution < -0.4 is 0 Å². The molecule has 1 aliphatic heterocycles. The third kappa shape index (κ3) is 7.78. The highest BCUT2D eigenvalue weighted by Crippen LogP contribution is 2.36. The lowest BCUT2D eigenvalue weighted by molar-refractivity contribution is -0.0672. The first-order valence-electron chi connectivity index (χ1n) is 15.6. The lowest BCUT2D eigenvalue weighted by atomic mass is 10.1. The van der Waals surface area contributed by atoms with Gasteiger partial charge < -0.3 is 23.7 Å². The fraction of sp³-hybridized carbons (Fsp3) is 0.154. The molecule has 250 valence electrons. The summed E-state index contributed by atoms with van der Waals surface area (Å²) < 4.78 is 30.1. The zero-order valence-electron chi connectivity index (χ0n) is 26.7. The smallest absolute Gasteiger partial charge is 0.359 e. The third-order valence-corrected chi connectivity index (χ3v) is 7.67. The van der Waals surface area contributed by atoms with E-state index in [1.165, 1.54) is 18.0 Å². The number of esters is 4. The molecule has 50 heavy (non-hydrogen) atoms. The van der Waals surface area contributed by atoms with Crippen LogP contribution in [0.2, 0.25) is 0 Å². The number of aromatic nitrogens is 2. The zero-order chi connectivity index (χ0) is 34.9. The summed E-state index contributed by atoms with van der Waals surface area (Å²) in [5.74, 6) is 3.07. The topological polar surface area (TPSA) is 132 Å². The lowest BCUT2D eigenvalue weighted by Gasteiger charge is -2.24. The van der Waals surface area contributed by atoms with Gasteiger partial charge in [0.05, 0.1) is 29.4 Å². The van der Waals surface area contributed by atoms with Crippen LogP contribution in [-0.2, 0) is 23.7 Å². The zero-order valence-corrected chi connectivity index (χ0v) is 26.7. The summed E-state index contributed by atoms with van der Waals surface area (Å²) in [5, 5.41) is 4.43. The normalized spacial score (nSPS) is 17.9. The molecule has 1 saturated heterocycles. The molecule has 0 spiro atoms. The van der Waals surface area contributed by atoms with E-state index in [1.807, 2.05) is 18.2 Å². The summed E-state index contributed by atoms with van der Waals surface area (Å²) >= 11 is 0. The second kappa shape index (κ2) is 15.6. The van der Waals surface area contributed by atoms with Crippen molar-refractivity contribution < 1.29 is 42.9 Å². The summed E-state index contributed by atoms with van der Waals surface area (Å²) in [7, 11) is 1.21. The van der Waals surface area contributed by atoms with Crippen LogP contribution in [0.5, 0.6) is 0 Å². The monoisotopic (exact) mass is 670 g/mol. The van der Waals surface area contributed by atoms with Gasteiger partial charge in [0.25, 0.3) is 0 Å². The molecule has 11 heteroatoms. The van der Waals surface area contributed by atoms with E-state index in [0.29, 0.717) is 11.1 Å². The van der Waals surface area contributed by atoms with E-state index in [9.17, 15) is 19.2 Å². The van der Waals surface area contributed by atoms with Crippen molar-refractivity contribution in [3.63, 3.8) is 0 Å². The van der Waals surface area contributed by atoms with E-state index in [4.69, 9.17) is 23.7 Å². The van der Waals surface area contributed by atoms with Crippen molar-refractivity contribution in [1.82, 2.24) is 9.78 Å². The van der Waals surface area contributed by atoms with Crippen molar-refractivity contribution in [2.24, 2.45) is 0 Å². The number of rotatable bonds is 9. The third-order valence-electron chi connectivity index (χ3n) is 7.67. The van der Waals surface area contributed by atoms with Crippen LogP contribution in [0.15, 0.2) is 128 Å². The van der Waals surface area contributed by atoms with Crippen LogP contribution in [0.25, 0.3) is 0 Å². The predicted octanol–water partition coefficient (Wildman–Crippen LogP) is 5.28. The molecule has 6 rings (SSSR count). The Morgan fingerprint density at radius 2 is 1.16 bits per heavy atom. The molecule has 0 saturated carbocycles. The minimum Gasteiger partial charge on any atom is -0.464 e. The molecular weight excluding hydrogens is 640 g/mol. The van der Waals surface area contributed by atoms with Gasteiger partial charge in [-0.15, -0.1) is 0 Å². The Kier molecular flexibility index (Phi) is 10.4. The van der Waals surface area contributed by atoms with E-state index >= 15 is 0 Å². The van der Waals surface area contributed by atoms with Gasteiger partial charge in [-0.25, -0.2) is 23.9 Å². The van der Waals surface area contributed by atoms with Crippen LogP contribution in [-0.4, -0.2) is 65.7 Å². The number of carbonyl (C=O) groups excluding carboxylic acids is 4. The highest BCUT2D eigenvalue weighted by atomic mass is 16.7. The Morgan fingerprint density at radius 3 is 1.70 bits per heavy atom. The summed E-state index contributed by atoms with van der Waals surface area (Å²) in [5.41, 5.74) is 1.52. The average molecular weight is 671 g/mol. The Hall–Kier alpha value is -6.51. The van der Waals surface area contributed by atoms with Gasteiger partial charge in [-0.05, 0) is 48.5 Å². The molecule has 11 nitrogen and oxygen atoms in total. The van der Waals surface area contributed by atoms with Crippen molar-refractivity contribution in [2.75, 3.05) is 13.7 Å². The van der Waals surface area contributed by atoms with E-state index in [2.05, 4.69) is 16.9 Å². The molecular formula is C39H30N2O9. The van der Waals surface area contributed by atoms with Crippen LogP contribution >= 0.6 is 0 Å². The summed E-state index contributed by atoms with van der Waals surface area (Å²) in [4.78, 5) is 52.7. The van der Waals surface area contributed by atoms with Crippen molar-refractivity contribution in [3.8, 4) is 11.8 Å². The Labute approximate surface area is 287 Å². The van der Waals surface area contributed by atoms with Gasteiger partial charge in [0, 0.05) is 11.8 Å². The van der Waals surface area contributed by atoms with Crippen molar-refractivity contribution >= 4 is 23.9 Å². The molecule has 1 aromatic heterocycles. The van der Waals surface area contributed by atoms with Crippen LogP contribution in [0.4, 0.5) is 0 Å². The maximum Gasteiger partial charge on any atom is 0.359 e. The standard InChI is InChI=1S/C39H30N2O9/c1-46-39(45)32-30(23-22-26-14-6-2-7-15-26)24-41(40-32)35-34(50-38(44)29-20-12-5-13-21-29)33(49-37(43)28-18-10-4-11-19-28)31(48-35)25-47-36(42)27-16-8-3-9-17-27/h2-21,24,31,33-35H,25H2,1H3/t31-,33-,34-,35-/m1/s1. The maximum absolute atomic E-state index is 13.5. The van der Waals surface area contributed by atoms with E-state index < -0.39 is 48.4 Å². The molecule has 0 amide bonds. The molecule has 0 aliphatic carbocycles. The molecule has 2 heterocycles. The second-order valence-corrected chi connectivity index (χ2v) is 11.0. The number of methoxy groups -OCH3 is 1. The van der Waals surface area contributed by atoms with Gasteiger partial charge >= 0.3 is 23.9 Å². The number of nitrogens with zero attached hydrogens (tertiary/aromatic N) is 2. The maximum atomic E-state index is 13.5. The van der Waals surface area contributed by atoms with Gasteiger partial charge in [-0.1, -0.05) is 84.6 Å². The molecule has 4 atom stereocenters. The molecule has 5 aromatic rings. The Bertz CT molecular complexity index is 2020. The molecule has 0 radical (unpaired) electrons. The number of hydrogen-bond acceptors (Lipinski definition) is 10. The first kappa shape index (κ1) is 33.4. The first-order valence-corrected chi connectivity index (χ1v) is 15.6. The SMILES string of the molecule is COC(=O)c1nn([C@@H]2O[C@H](COC(=O)c3ccccc3)[C@@H](OC(=O)c3ccccc3)[C@H]2OC(=O)c2ccccc2)cc1C#Cc1ccccc1. The van der Waals surface area contributed by atoms with Gasteiger partial charge in [-0.2, -0.15) is 5.10 Å². The number of hydrogen-bond donors (Lipinski definition) is 0. The van der Waals surface area contributed by atoms with E-state index in [1.54, 1.807) is 103 Å². The quantitative estimate of drug-likeness (QED) is 0.116. The van der Waals surface area contributed by atoms with Gasteiger partial charge in [-0.3, -0.25) is 0 Å². The van der Waals surface area contributed by atoms with Crippen LogP contribution in [0.1, 0.15) is 58.9 Å². The fourth-order valence-corrected chi connectivity index (χ4v) is 5.19. The minimum absolute atomic E-state index is 0.121. The van der Waals surface area contributed by atoms with Crippen molar-refractivity contribution in [3.05, 3.63) is 161 Å². The summed E-state index contributed by atoms with van der Waals surface area (Å²) in [6.07, 6.45) is -3.60. The van der Waals surface area contributed by atoms with E-state index in [0.717, 1.165) is 0 Å². The molecule has 0 N–H and O–H groups in total. The fourth-order valence-electron chi connectivity index (χ4n) is 5.19. The molecule has 0 unspecified atom stereocenters. The highest BCUT2D eigenvalue weighted by Gasteiger charge is 2.52. The molecule has 1 aliphatic rings. The van der Waals surface area contributed by atoms with E-state index in [-0.39, 0.29) is 29.0 Å². The van der Waals surface area contributed by atoms with Crippen molar-refractivity contribution in [1.29, 1.82) is 0 Å². The van der Waals surface area contributed by atoms with Crippen LogP contribution in [0, 0.1) is 11.8 Å². The Morgan fingerprint density at radius 1 is 0.660 bits per heavy atom. The average Bonchev–Trinajstić information content (AvgIpc) is 3.75. The molecule has 4 aromatic carbocycles. The lowest BCUT2D eigenvalue weighted by Crippen LogP contribution is -2.41. The number of benzene rings is 4.